The normalized spacial score (nSPS) is 11.9. The molecule has 0 aliphatic carbocycles. The highest BCUT2D eigenvalue weighted by molar-refractivity contribution is 7.15. The molecule has 0 N–H and O–H groups in total. The van der Waals surface area contributed by atoms with Crippen LogP contribution in [0, 0.1) is 0 Å². The molecule has 0 unspecified atom stereocenters. The number of para-hydroxylation sites is 3. The van der Waals surface area contributed by atoms with Crippen molar-refractivity contribution in [2.45, 2.75) is 0 Å². The van der Waals surface area contributed by atoms with E-state index in [1.165, 1.54) is 11.3 Å². The molecule has 0 atom stereocenters. The zero-order valence-electron chi connectivity index (χ0n) is 16.0. The van der Waals surface area contributed by atoms with E-state index < -0.39 is 0 Å². The van der Waals surface area contributed by atoms with Crippen LogP contribution in [0.2, 0.25) is 0 Å². The minimum Gasteiger partial charge on any atom is -0.490 e. The maximum absolute atomic E-state index is 12.9. The molecule has 2 heterocycles. The van der Waals surface area contributed by atoms with E-state index in [1.54, 1.807) is 4.40 Å². The highest BCUT2D eigenvalue weighted by Gasteiger charge is 2.10. The zero-order valence-corrected chi connectivity index (χ0v) is 16.8. The Morgan fingerprint density at radius 2 is 1.60 bits per heavy atom. The van der Waals surface area contributed by atoms with Gasteiger partial charge in [-0.2, -0.15) is 0 Å². The van der Waals surface area contributed by atoms with Crippen LogP contribution < -0.4 is 19.6 Å². The van der Waals surface area contributed by atoms with Gasteiger partial charge in [0.1, 0.15) is 24.7 Å². The van der Waals surface area contributed by atoms with Crippen LogP contribution in [0.1, 0.15) is 5.56 Å². The summed E-state index contributed by atoms with van der Waals surface area (Å²) in [6.45, 7) is 0.891. The molecule has 148 valence electrons. The number of hydrogen-bond donors (Lipinski definition) is 0. The maximum atomic E-state index is 12.9. The third kappa shape index (κ3) is 3.65. The summed E-state index contributed by atoms with van der Waals surface area (Å²) >= 11 is 1.39. The van der Waals surface area contributed by atoms with Crippen LogP contribution in [0.3, 0.4) is 0 Å². The number of benzene rings is 3. The van der Waals surface area contributed by atoms with Gasteiger partial charge in [-0.15, -0.1) is 0 Å². The molecular formula is C24H18N2O3S. The number of imidazole rings is 1. The lowest BCUT2D eigenvalue weighted by Crippen LogP contribution is -2.22. The van der Waals surface area contributed by atoms with Gasteiger partial charge in [-0.3, -0.25) is 4.79 Å². The molecule has 5 nitrogen and oxygen atoms in total. The van der Waals surface area contributed by atoms with Crippen LogP contribution in [0.5, 0.6) is 11.5 Å². The van der Waals surface area contributed by atoms with E-state index in [4.69, 9.17) is 9.47 Å². The second-order valence-corrected chi connectivity index (χ2v) is 7.73. The van der Waals surface area contributed by atoms with Crippen molar-refractivity contribution in [3.63, 3.8) is 0 Å². The van der Waals surface area contributed by atoms with Crippen molar-refractivity contribution in [3.8, 4) is 11.5 Å². The smallest absolute Gasteiger partial charge is 0.274 e. The second kappa shape index (κ2) is 8.00. The Morgan fingerprint density at radius 3 is 2.47 bits per heavy atom. The first kappa shape index (κ1) is 18.4. The van der Waals surface area contributed by atoms with Crippen LogP contribution in [-0.2, 0) is 0 Å². The molecule has 0 saturated heterocycles. The first-order valence-corrected chi connectivity index (χ1v) is 10.4. The topological polar surface area (TPSA) is 52.8 Å². The number of rotatable bonds is 6. The molecule has 0 saturated carbocycles. The lowest BCUT2D eigenvalue weighted by Gasteiger charge is -2.08. The number of hydrogen-bond acceptors (Lipinski definition) is 5. The Labute approximate surface area is 176 Å². The van der Waals surface area contributed by atoms with E-state index in [9.17, 15) is 4.79 Å². The highest BCUT2D eigenvalue weighted by Crippen LogP contribution is 2.17. The first-order valence-electron chi connectivity index (χ1n) is 9.60. The minimum atomic E-state index is -0.0497. The molecular weight excluding hydrogens is 396 g/mol. The first-order chi connectivity index (χ1) is 14.8. The largest absolute Gasteiger partial charge is 0.490 e. The maximum Gasteiger partial charge on any atom is 0.274 e. The molecule has 5 rings (SSSR count). The summed E-state index contributed by atoms with van der Waals surface area (Å²) in [6, 6.07) is 25.0. The summed E-state index contributed by atoms with van der Waals surface area (Å²) in [7, 11) is 0. The van der Waals surface area contributed by atoms with Crippen molar-refractivity contribution >= 4 is 33.4 Å². The van der Waals surface area contributed by atoms with E-state index in [-0.39, 0.29) is 5.56 Å². The lowest BCUT2D eigenvalue weighted by atomic mass is 10.2. The van der Waals surface area contributed by atoms with Gasteiger partial charge in [0.15, 0.2) is 4.96 Å². The van der Waals surface area contributed by atoms with Crippen LogP contribution in [0.4, 0.5) is 0 Å². The number of aromatic nitrogens is 2. The summed E-state index contributed by atoms with van der Waals surface area (Å²) in [5.74, 6) is 1.56. The summed E-state index contributed by atoms with van der Waals surface area (Å²) in [4.78, 5) is 18.2. The summed E-state index contributed by atoms with van der Waals surface area (Å²) in [5.41, 5.74) is 2.53. The molecule has 6 heteroatoms. The zero-order chi connectivity index (χ0) is 20.3. The van der Waals surface area contributed by atoms with Gasteiger partial charge in [-0.05, 0) is 48.0 Å². The number of ether oxygens (including phenoxy) is 2. The van der Waals surface area contributed by atoms with Crippen molar-refractivity contribution in [1.29, 1.82) is 0 Å². The average Bonchev–Trinajstić information content (AvgIpc) is 3.28. The van der Waals surface area contributed by atoms with Gasteiger partial charge in [0.05, 0.1) is 15.6 Å². The molecule has 2 aromatic heterocycles. The predicted molar refractivity (Wildman–Crippen MR) is 120 cm³/mol. The highest BCUT2D eigenvalue weighted by atomic mass is 32.1. The molecule has 0 radical (unpaired) electrons. The van der Waals surface area contributed by atoms with Gasteiger partial charge in [-0.25, -0.2) is 9.38 Å². The molecule has 0 aliphatic heterocycles. The average molecular weight is 414 g/mol. The Kier molecular flexibility index (Phi) is 4.91. The Morgan fingerprint density at radius 1 is 0.867 bits per heavy atom. The molecule has 0 amide bonds. The van der Waals surface area contributed by atoms with Crippen LogP contribution in [0.25, 0.3) is 22.1 Å². The van der Waals surface area contributed by atoms with Crippen LogP contribution in [0.15, 0.2) is 83.7 Å². The summed E-state index contributed by atoms with van der Waals surface area (Å²) in [5, 5.41) is 0. The van der Waals surface area contributed by atoms with Gasteiger partial charge in [0.2, 0.25) is 0 Å². The summed E-state index contributed by atoms with van der Waals surface area (Å²) < 4.78 is 13.8. The number of thiazole rings is 1. The third-order valence-electron chi connectivity index (χ3n) is 4.66. The van der Waals surface area contributed by atoms with Gasteiger partial charge in [0, 0.05) is 0 Å². The van der Waals surface area contributed by atoms with Gasteiger partial charge in [0.25, 0.3) is 5.56 Å². The quantitative estimate of drug-likeness (QED) is 0.395. The van der Waals surface area contributed by atoms with Crippen molar-refractivity contribution in [2.75, 3.05) is 13.2 Å². The molecule has 0 fully saturated rings. The fourth-order valence-electron chi connectivity index (χ4n) is 3.29. The molecule has 0 bridgehead atoms. The fourth-order valence-corrected chi connectivity index (χ4v) is 4.28. The number of nitrogens with zero attached hydrogens (tertiary/aromatic N) is 2. The van der Waals surface area contributed by atoms with E-state index in [2.05, 4.69) is 4.98 Å². The van der Waals surface area contributed by atoms with Crippen molar-refractivity contribution < 1.29 is 9.47 Å². The van der Waals surface area contributed by atoms with E-state index in [0.717, 1.165) is 28.1 Å². The number of fused-ring (bicyclic) bond motifs is 3. The van der Waals surface area contributed by atoms with Crippen molar-refractivity contribution in [3.05, 3.63) is 99.3 Å². The Balaban J connectivity index is 1.34. The van der Waals surface area contributed by atoms with Crippen molar-refractivity contribution in [1.82, 2.24) is 9.38 Å². The Hall–Kier alpha value is -3.64. The van der Waals surface area contributed by atoms with Crippen molar-refractivity contribution in [2.24, 2.45) is 0 Å². The fraction of sp³-hybridized carbons (Fsp3) is 0.0833. The molecule has 0 spiro atoms. The van der Waals surface area contributed by atoms with E-state index in [0.29, 0.717) is 22.7 Å². The van der Waals surface area contributed by atoms with E-state index >= 15 is 0 Å². The van der Waals surface area contributed by atoms with E-state index in [1.807, 2.05) is 84.9 Å². The molecule has 3 aromatic carbocycles. The predicted octanol–water partition coefficient (Wildman–Crippen LogP) is 3.91. The third-order valence-corrected chi connectivity index (χ3v) is 5.63. The molecule has 5 aromatic rings. The van der Waals surface area contributed by atoms with Crippen LogP contribution in [-0.4, -0.2) is 22.6 Å². The summed E-state index contributed by atoms with van der Waals surface area (Å²) in [6.07, 6.45) is 1.88. The van der Waals surface area contributed by atoms with Gasteiger partial charge >= 0.3 is 0 Å². The monoisotopic (exact) mass is 414 g/mol. The Bertz CT molecular complexity index is 1420. The minimum absolute atomic E-state index is 0.0497. The SMILES string of the molecule is O=c1/c(=C/c2cccc(OCCOc3ccccc3)c2)sc2nc3ccccc3n12. The van der Waals surface area contributed by atoms with Crippen LogP contribution >= 0.6 is 11.3 Å². The van der Waals surface area contributed by atoms with Gasteiger partial charge in [-0.1, -0.05) is 53.8 Å². The second-order valence-electron chi connectivity index (χ2n) is 6.72. The molecule has 0 aliphatic rings. The lowest BCUT2D eigenvalue weighted by molar-refractivity contribution is 0.217. The van der Waals surface area contributed by atoms with Gasteiger partial charge < -0.3 is 9.47 Å². The standard InChI is InChI=1S/C24H18N2O3S/c27-23-22(30-24-25-20-11-4-5-12-21(20)26(23)24)16-17-7-6-10-19(15-17)29-14-13-28-18-8-2-1-3-9-18/h1-12,15-16H,13-14H2/b22-16-. The molecule has 30 heavy (non-hydrogen) atoms.